The number of phenolic OH excluding ortho intramolecular Hbond substituents is 1. The molecule has 22 heavy (non-hydrogen) atoms. The first-order valence-corrected chi connectivity index (χ1v) is 8.84. The van der Waals surface area contributed by atoms with E-state index in [-0.39, 0.29) is 5.41 Å². The molecule has 1 aromatic carbocycles. The van der Waals surface area contributed by atoms with E-state index in [0.29, 0.717) is 11.7 Å². The molecule has 0 aromatic heterocycles. The molecule has 1 saturated heterocycles. The van der Waals surface area contributed by atoms with Crippen molar-refractivity contribution >= 4 is 0 Å². The van der Waals surface area contributed by atoms with Crippen LogP contribution in [0.25, 0.3) is 0 Å². The second-order valence-electron chi connectivity index (χ2n) is 7.82. The van der Waals surface area contributed by atoms with Crippen LogP contribution in [-0.4, -0.2) is 29.6 Å². The second-order valence-corrected chi connectivity index (χ2v) is 7.82. The number of piperidine rings is 1. The van der Waals surface area contributed by atoms with E-state index in [1.165, 1.54) is 62.9 Å². The summed E-state index contributed by atoms with van der Waals surface area (Å²) in [5.74, 6) is 2.10. The zero-order valence-electron chi connectivity index (χ0n) is 13.4. The van der Waals surface area contributed by atoms with Crippen LogP contribution >= 0.6 is 0 Å². The molecule has 2 saturated carbocycles. The lowest BCUT2D eigenvalue weighted by molar-refractivity contribution is 0.0682. The maximum atomic E-state index is 9.94. The molecule has 0 spiro atoms. The summed E-state index contributed by atoms with van der Waals surface area (Å²) in [5.41, 5.74) is 2.95. The summed E-state index contributed by atoms with van der Waals surface area (Å²) < 4.78 is 0. The molecule has 1 unspecified atom stereocenters. The second kappa shape index (κ2) is 5.42. The SMILES string of the molecule is C=C1CC[C@H]2CN(CC3CC3)CCC2(c2cccc(O)c2)C1. The molecule has 3 aliphatic rings. The molecule has 2 heteroatoms. The van der Waals surface area contributed by atoms with E-state index >= 15 is 0 Å². The molecule has 2 atom stereocenters. The fraction of sp³-hybridized carbons (Fsp3) is 0.600. The smallest absolute Gasteiger partial charge is 0.115 e. The maximum Gasteiger partial charge on any atom is 0.115 e. The average Bonchev–Trinajstić information content (AvgIpc) is 3.31. The van der Waals surface area contributed by atoms with Gasteiger partial charge in [-0.25, -0.2) is 0 Å². The zero-order valence-corrected chi connectivity index (χ0v) is 13.4. The van der Waals surface area contributed by atoms with E-state index in [1.807, 2.05) is 12.1 Å². The van der Waals surface area contributed by atoms with Crippen molar-refractivity contribution in [3.05, 3.63) is 42.0 Å². The summed E-state index contributed by atoms with van der Waals surface area (Å²) in [7, 11) is 0. The van der Waals surface area contributed by atoms with Gasteiger partial charge in [0.25, 0.3) is 0 Å². The molecular formula is C20H27NO. The van der Waals surface area contributed by atoms with Crippen molar-refractivity contribution in [1.29, 1.82) is 0 Å². The lowest BCUT2D eigenvalue weighted by Gasteiger charge is -2.52. The van der Waals surface area contributed by atoms with Gasteiger partial charge in [-0.05, 0) is 74.6 Å². The van der Waals surface area contributed by atoms with E-state index in [1.54, 1.807) is 6.07 Å². The molecule has 1 N–H and O–H groups in total. The van der Waals surface area contributed by atoms with Gasteiger partial charge in [0.2, 0.25) is 0 Å². The number of hydrogen-bond donors (Lipinski definition) is 1. The summed E-state index contributed by atoms with van der Waals surface area (Å²) in [4.78, 5) is 2.71. The van der Waals surface area contributed by atoms with Gasteiger partial charge in [-0.15, -0.1) is 0 Å². The fourth-order valence-electron chi connectivity index (χ4n) is 4.78. The Morgan fingerprint density at radius 2 is 2.14 bits per heavy atom. The molecule has 1 aliphatic heterocycles. The molecule has 118 valence electrons. The number of aromatic hydroxyl groups is 1. The summed E-state index contributed by atoms with van der Waals surface area (Å²) in [6.07, 6.45) is 7.65. The Morgan fingerprint density at radius 1 is 1.27 bits per heavy atom. The first kappa shape index (κ1) is 14.3. The number of phenols is 1. The Morgan fingerprint density at radius 3 is 2.91 bits per heavy atom. The largest absolute Gasteiger partial charge is 0.508 e. The molecular weight excluding hydrogens is 270 g/mol. The third-order valence-corrected chi connectivity index (χ3v) is 6.18. The van der Waals surface area contributed by atoms with E-state index in [0.717, 1.165) is 12.3 Å². The van der Waals surface area contributed by atoms with E-state index < -0.39 is 0 Å². The predicted octanol–water partition coefficient (Wildman–Crippen LogP) is 4.10. The highest BCUT2D eigenvalue weighted by molar-refractivity contribution is 5.37. The molecule has 3 fully saturated rings. The maximum absolute atomic E-state index is 9.94. The van der Waals surface area contributed by atoms with Gasteiger partial charge in [-0.1, -0.05) is 24.3 Å². The van der Waals surface area contributed by atoms with Crippen molar-refractivity contribution in [3.63, 3.8) is 0 Å². The van der Waals surface area contributed by atoms with E-state index in [2.05, 4.69) is 17.5 Å². The van der Waals surface area contributed by atoms with Gasteiger partial charge in [-0.2, -0.15) is 0 Å². The van der Waals surface area contributed by atoms with Crippen LogP contribution in [-0.2, 0) is 5.41 Å². The lowest BCUT2D eigenvalue weighted by Crippen LogP contribution is -2.52. The van der Waals surface area contributed by atoms with Gasteiger partial charge >= 0.3 is 0 Å². The van der Waals surface area contributed by atoms with Crippen LogP contribution in [0.4, 0.5) is 0 Å². The van der Waals surface area contributed by atoms with Crippen LogP contribution in [0.5, 0.6) is 5.75 Å². The lowest BCUT2D eigenvalue weighted by atomic mass is 9.58. The Hall–Kier alpha value is -1.28. The van der Waals surface area contributed by atoms with Crippen LogP contribution in [0.3, 0.4) is 0 Å². The topological polar surface area (TPSA) is 23.5 Å². The third-order valence-electron chi connectivity index (χ3n) is 6.18. The molecule has 1 aromatic rings. The number of rotatable bonds is 3. The number of likely N-dealkylation sites (tertiary alicyclic amines) is 1. The summed E-state index contributed by atoms with van der Waals surface area (Å²) >= 11 is 0. The van der Waals surface area contributed by atoms with E-state index in [4.69, 9.17) is 0 Å². The van der Waals surface area contributed by atoms with Crippen LogP contribution in [0.15, 0.2) is 36.4 Å². The standard InChI is InChI=1S/C20H27NO/c1-15-5-8-18-14-21(13-16-6-7-16)10-9-20(18,12-15)17-3-2-4-19(22)11-17/h2-4,11,16,18,22H,1,5-10,12-14H2/t18-,20?/m0/s1. The first-order valence-electron chi connectivity index (χ1n) is 8.84. The molecule has 0 bridgehead atoms. The quantitative estimate of drug-likeness (QED) is 0.849. The van der Waals surface area contributed by atoms with Gasteiger partial charge in [0.1, 0.15) is 5.75 Å². The van der Waals surface area contributed by atoms with Gasteiger partial charge in [0, 0.05) is 18.5 Å². The summed E-state index contributed by atoms with van der Waals surface area (Å²) in [6.45, 7) is 8.05. The number of fused-ring (bicyclic) bond motifs is 1. The number of allylic oxidation sites excluding steroid dienone is 1. The monoisotopic (exact) mass is 297 g/mol. The molecule has 4 rings (SSSR count). The zero-order chi connectivity index (χ0) is 15.2. The van der Waals surface area contributed by atoms with Crippen molar-refractivity contribution in [2.75, 3.05) is 19.6 Å². The Kier molecular flexibility index (Phi) is 3.53. The van der Waals surface area contributed by atoms with Crippen LogP contribution in [0.2, 0.25) is 0 Å². The van der Waals surface area contributed by atoms with Crippen LogP contribution < -0.4 is 0 Å². The molecule has 0 radical (unpaired) electrons. The molecule has 1 heterocycles. The van der Waals surface area contributed by atoms with Gasteiger partial charge in [0.15, 0.2) is 0 Å². The van der Waals surface area contributed by atoms with Crippen LogP contribution in [0.1, 0.15) is 44.1 Å². The minimum atomic E-state index is 0.216. The summed E-state index contributed by atoms with van der Waals surface area (Å²) in [5, 5.41) is 9.94. The number of benzene rings is 1. The van der Waals surface area contributed by atoms with Crippen molar-refractivity contribution in [2.45, 2.75) is 43.9 Å². The van der Waals surface area contributed by atoms with Crippen molar-refractivity contribution in [2.24, 2.45) is 11.8 Å². The molecule has 2 aliphatic carbocycles. The van der Waals surface area contributed by atoms with Crippen molar-refractivity contribution < 1.29 is 5.11 Å². The number of hydrogen-bond acceptors (Lipinski definition) is 2. The Bertz CT molecular complexity index is 577. The molecule has 0 amide bonds. The predicted molar refractivity (Wildman–Crippen MR) is 90.0 cm³/mol. The highest BCUT2D eigenvalue weighted by Gasteiger charge is 2.46. The van der Waals surface area contributed by atoms with Gasteiger partial charge in [0.05, 0.1) is 0 Å². The average molecular weight is 297 g/mol. The van der Waals surface area contributed by atoms with Crippen LogP contribution in [0, 0.1) is 11.8 Å². The van der Waals surface area contributed by atoms with E-state index in [9.17, 15) is 5.11 Å². The number of nitrogens with zero attached hydrogens (tertiary/aromatic N) is 1. The van der Waals surface area contributed by atoms with Crippen molar-refractivity contribution in [3.8, 4) is 5.75 Å². The van der Waals surface area contributed by atoms with Gasteiger partial charge in [-0.3, -0.25) is 0 Å². The highest BCUT2D eigenvalue weighted by Crippen LogP contribution is 2.51. The third kappa shape index (κ3) is 2.58. The fourth-order valence-corrected chi connectivity index (χ4v) is 4.78. The van der Waals surface area contributed by atoms with Crippen molar-refractivity contribution in [1.82, 2.24) is 4.90 Å². The molecule has 2 nitrogen and oxygen atoms in total. The normalized spacial score (nSPS) is 32.7. The van der Waals surface area contributed by atoms with Gasteiger partial charge < -0.3 is 10.0 Å². The minimum absolute atomic E-state index is 0.216. The summed E-state index contributed by atoms with van der Waals surface area (Å²) in [6, 6.07) is 8.02. The Labute approximate surface area is 133 Å². The Balaban J connectivity index is 1.62. The first-order chi connectivity index (χ1) is 10.7. The highest BCUT2D eigenvalue weighted by atomic mass is 16.3. The minimum Gasteiger partial charge on any atom is -0.508 e.